The van der Waals surface area contributed by atoms with Crippen LogP contribution in [0.5, 0.6) is 5.88 Å². The molecule has 19 heavy (non-hydrogen) atoms. The third kappa shape index (κ3) is 6.20. The highest BCUT2D eigenvalue weighted by Gasteiger charge is 2.09. The minimum atomic E-state index is 0.493. The normalized spacial score (nSPS) is 10.5. The van der Waals surface area contributed by atoms with Crippen LogP contribution >= 0.6 is 15.9 Å². The average Bonchev–Trinajstić information content (AvgIpc) is 2.43. The topological polar surface area (TPSA) is 56.3 Å². The molecule has 1 rings (SSSR count). The molecular formula is C13H22BrN3O2. The smallest absolute Gasteiger partial charge is 0.233 e. The lowest BCUT2D eigenvalue weighted by Gasteiger charge is -2.10. The second-order valence-electron chi connectivity index (χ2n) is 4.08. The van der Waals surface area contributed by atoms with Crippen molar-refractivity contribution in [2.45, 2.75) is 33.1 Å². The highest BCUT2D eigenvalue weighted by Crippen LogP contribution is 2.28. The molecule has 108 valence electrons. The Kier molecular flexibility index (Phi) is 8.49. The van der Waals surface area contributed by atoms with Crippen LogP contribution in [0.2, 0.25) is 0 Å². The van der Waals surface area contributed by atoms with E-state index in [9.17, 15) is 0 Å². The van der Waals surface area contributed by atoms with Crippen molar-refractivity contribution in [2.24, 2.45) is 0 Å². The van der Waals surface area contributed by atoms with Gasteiger partial charge in [-0.1, -0.05) is 20.3 Å². The Bertz CT molecular complexity index is 364. The summed E-state index contributed by atoms with van der Waals surface area (Å²) in [6.45, 7) is 6.97. The van der Waals surface area contributed by atoms with Crippen molar-refractivity contribution in [2.75, 3.05) is 31.7 Å². The number of unbranched alkanes of at least 4 members (excludes halogenated alkanes) is 1. The fourth-order valence-electron chi connectivity index (χ4n) is 1.37. The molecule has 1 aromatic rings. The first-order chi connectivity index (χ1) is 9.29. The van der Waals surface area contributed by atoms with Gasteiger partial charge in [-0.3, -0.25) is 0 Å². The van der Waals surface area contributed by atoms with Crippen LogP contribution in [0.25, 0.3) is 0 Å². The summed E-state index contributed by atoms with van der Waals surface area (Å²) in [7, 11) is 0. The molecule has 0 spiro atoms. The SMILES string of the molecule is CCCCOCCOc1ncnc(NCCC)c1Br. The summed E-state index contributed by atoms with van der Waals surface area (Å²) in [6, 6.07) is 0. The zero-order valence-electron chi connectivity index (χ0n) is 11.6. The van der Waals surface area contributed by atoms with E-state index in [1.54, 1.807) is 0 Å². The van der Waals surface area contributed by atoms with Gasteiger partial charge < -0.3 is 14.8 Å². The maximum Gasteiger partial charge on any atom is 0.233 e. The minimum Gasteiger partial charge on any atom is -0.474 e. The number of anilines is 1. The standard InChI is InChI=1S/C13H22BrN3O2/c1-3-5-7-18-8-9-19-13-11(14)12(15-6-4-2)16-10-17-13/h10H,3-9H2,1-2H3,(H,15,16,17). The molecule has 1 aromatic heterocycles. The van der Waals surface area contributed by atoms with E-state index in [4.69, 9.17) is 9.47 Å². The zero-order valence-corrected chi connectivity index (χ0v) is 13.2. The van der Waals surface area contributed by atoms with Gasteiger partial charge >= 0.3 is 0 Å². The molecule has 0 unspecified atom stereocenters. The van der Waals surface area contributed by atoms with Crippen LogP contribution < -0.4 is 10.1 Å². The summed E-state index contributed by atoms with van der Waals surface area (Å²) < 4.78 is 11.8. The van der Waals surface area contributed by atoms with Crippen molar-refractivity contribution in [3.63, 3.8) is 0 Å². The Balaban J connectivity index is 2.36. The van der Waals surface area contributed by atoms with E-state index in [1.165, 1.54) is 6.33 Å². The van der Waals surface area contributed by atoms with Gasteiger partial charge in [0.25, 0.3) is 0 Å². The maximum absolute atomic E-state index is 5.57. The van der Waals surface area contributed by atoms with Crippen LogP contribution in [-0.2, 0) is 4.74 Å². The van der Waals surface area contributed by atoms with Gasteiger partial charge in [0.1, 0.15) is 23.2 Å². The number of nitrogens with zero attached hydrogens (tertiary/aromatic N) is 2. The molecule has 0 saturated heterocycles. The number of hydrogen-bond acceptors (Lipinski definition) is 5. The highest BCUT2D eigenvalue weighted by molar-refractivity contribution is 9.10. The first-order valence-corrected chi connectivity index (χ1v) is 7.53. The number of nitrogens with one attached hydrogen (secondary N) is 1. The van der Waals surface area contributed by atoms with Crippen molar-refractivity contribution in [1.29, 1.82) is 0 Å². The van der Waals surface area contributed by atoms with E-state index >= 15 is 0 Å². The number of rotatable bonds is 10. The Labute approximate surface area is 123 Å². The number of halogens is 1. The van der Waals surface area contributed by atoms with Gasteiger partial charge in [0, 0.05) is 13.2 Å². The van der Waals surface area contributed by atoms with Gasteiger partial charge in [-0.05, 0) is 28.8 Å². The molecule has 0 radical (unpaired) electrons. The van der Waals surface area contributed by atoms with Crippen LogP contribution in [0.1, 0.15) is 33.1 Å². The van der Waals surface area contributed by atoms with Crippen LogP contribution in [0.15, 0.2) is 10.8 Å². The largest absolute Gasteiger partial charge is 0.474 e. The number of aromatic nitrogens is 2. The second kappa shape index (κ2) is 9.97. The van der Waals surface area contributed by atoms with Crippen molar-refractivity contribution in [3.8, 4) is 5.88 Å². The van der Waals surface area contributed by atoms with E-state index in [1.807, 2.05) is 0 Å². The Hall–Kier alpha value is -0.880. The molecule has 0 bridgehead atoms. The van der Waals surface area contributed by atoms with Crippen LogP contribution in [-0.4, -0.2) is 36.3 Å². The molecule has 6 heteroatoms. The van der Waals surface area contributed by atoms with E-state index in [0.29, 0.717) is 19.1 Å². The van der Waals surface area contributed by atoms with Crippen LogP contribution in [0, 0.1) is 0 Å². The molecule has 0 atom stereocenters. The zero-order chi connectivity index (χ0) is 13.9. The summed E-state index contributed by atoms with van der Waals surface area (Å²) >= 11 is 3.45. The molecule has 0 amide bonds. The molecule has 0 aliphatic rings. The lowest BCUT2D eigenvalue weighted by Crippen LogP contribution is -2.10. The van der Waals surface area contributed by atoms with Crippen LogP contribution in [0.4, 0.5) is 5.82 Å². The summed E-state index contributed by atoms with van der Waals surface area (Å²) in [5.41, 5.74) is 0. The molecular weight excluding hydrogens is 310 g/mol. The molecule has 0 aliphatic heterocycles. The van der Waals surface area contributed by atoms with E-state index in [-0.39, 0.29) is 0 Å². The maximum atomic E-state index is 5.57. The van der Waals surface area contributed by atoms with E-state index in [0.717, 1.165) is 42.7 Å². The monoisotopic (exact) mass is 331 g/mol. The summed E-state index contributed by atoms with van der Waals surface area (Å²) in [6.07, 6.45) is 4.76. The first kappa shape index (κ1) is 16.2. The summed E-state index contributed by atoms with van der Waals surface area (Å²) in [5.74, 6) is 1.31. The van der Waals surface area contributed by atoms with E-state index in [2.05, 4.69) is 45.1 Å². The first-order valence-electron chi connectivity index (χ1n) is 6.74. The number of ether oxygens (including phenoxy) is 2. The fraction of sp³-hybridized carbons (Fsp3) is 0.692. The van der Waals surface area contributed by atoms with Crippen molar-refractivity contribution < 1.29 is 9.47 Å². The van der Waals surface area contributed by atoms with Gasteiger partial charge in [0.05, 0.1) is 6.61 Å². The highest BCUT2D eigenvalue weighted by atomic mass is 79.9. The molecule has 0 fully saturated rings. The third-order valence-corrected chi connectivity index (χ3v) is 3.12. The lowest BCUT2D eigenvalue weighted by atomic mass is 10.4. The Morgan fingerprint density at radius 3 is 2.74 bits per heavy atom. The molecule has 0 aliphatic carbocycles. The predicted octanol–water partition coefficient (Wildman–Crippen LogP) is 3.26. The van der Waals surface area contributed by atoms with Gasteiger partial charge in [0.2, 0.25) is 5.88 Å². The molecule has 0 aromatic carbocycles. The second-order valence-corrected chi connectivity index (χ2v) is 4.88. The van der Waals surface area contributed by atoms with Gasteiger partial charge in [-0.25, -0.2) is 9.97 Å². The van der Waals surface area contributed by atoms with Crippen molar-refractivity contribution in [1.82, 2.24) is 9.97 Å². The van der Waals surface area contributed by atoms with E-state index < -0.39 is 0 Å². The van der Waals surface area contributed by atoms with Gasteiger partial charge in [-0.15, -0.1) is 0 Å². The molecule has 1 heterocycles. The molecule has 0 saturated carbocycles. The molecule has 1 N–H and O–H groups in total. The van der Waals surface area contributed by atoms with Gasteiger partial charge in [-0.2, -0.15) is 0 Å². The lowest BCUT2D eigenvalue weighted by molar-refractivity contribution is 0.0962. The van der Waals surface area contributed by atoms with Crippen molar-refractivity contribution >= 4 is 21.7 Å². The Morgan fingerprint density at radius 2 is 2.00 bits per heavy atom. The summed E-state index contributed by atoms with van der Waals surface area (Å²) in [5, 5.41) is 3.21. The fourth-order valence-corrected chi connectivity index (χ4v) is 1.83. The summed E-state index contributed by atoms with van der Waals surface area (Å²) in [4.78, 5) is 8.27. The molecule has 5 nitrogen and oxygen atoms in total. The third-order valence-electron chi connectivity index (χ3n) is 2.41. The minimum absolute atomic E-state index is 0.493. The average molecular weight is 332 g/mol. The van der Waals surface area contributed by atoms with Crippen LogP contribution in [0.3, 0.4) is 0 Å². The predicted molar refractivity (Wildman–Crippen MR) is 79.7 cm³/mol. The van der Waals surface area contributed by atoms with Gasteiger partial charge in [0.15, 0.2) is 0 Å². The quantitative estimate of drug-likeness (QED) is 0.667. The Morgan fingerprint density at radius 1 is 1.16 bits per heavy atom. The number of hydrogen-bond donors (Lipinski definition) is 1. The van der Waals surface area contributed by atoms with Crippen molar-refractivity contribution in [3.05, 3.63) is 10.8 Å².